The molecule has 0 saturated heterocycles. The molecule has 7 heteroatoms. The Hall–Kier alpha value is -3.48. The van der Waals surface area contributed by atoms with Gasteiger partial charge >= 0.3 is 5.97 Å². The molecule has 0 N–H and O–H groups in total. The minimum atomic E-state index is -0.477. The van der Waals surface area contributed by atoms with Gasteiger partial charge in [0.25, 0.3) is 5.69 Å². The van der Waals surface area contributed by atoms with Crippen LogP contribution in [0.3, 0.4) is 0 Å². The standard InChI is InChI=1S/C18H14N2O5/c1-12-17(18(21)25-19-12)10-14-3-2-4-16(9-14)24-11-13-5-7-15(8-6-13)20(22)23/h2-10H,11H2,1H3/b17-10+. The molecule has 0 unspecified atom stereocenters. The summed E-state index contributed by atoms with van der Waals surface area (Å²) in [4.78, 5) is 26.4. The Bertz CT molecular complexity index is 885. The first-order valence-electron chi connectivity index (χ1n) is 7.47. The van der Waals surface area contributed by atoms with Crippen LogP contribution in [0.1, 0.15) is 18.1 Å². The van der Waals surface area contributed by atoms with Crippen molar-refractivity contribution in [2.75, 3.05) is 0 Å². The number of nitro benzene ring substituents is 1. The summed E-state index contributed by atoms with van der Waals surface area (Å²) < 4.78 is 5.71. The Morgan fingerprint density at radius 2 is 2.00 bits per heavy atom. The molecule has 0 radical (unpaired) electrons. The lowest BCUT2D eigenvalue weighted by Gasteiger charge is -2.07. The third-order valence-electron chi connectivity index (χ3n) is 3.60. The Balaban J connectivity index is 1.70. The number of ether oxygens (including phenoxy) is 1. The van der Waals surface area contributed by atoms with Gasteiger partial charge in [-0.3, -0.25) is 10.1 Å². The first-order chi connectivity index (χ1) is 12.0. The maximum Gasteiger partial charge on any atom is 0.367 e. The van der Waals surface area contributed by atoms with E-state index in [1.807, 2.05) is 12.1 Å². The van der Waals surface area contributed by atoms with E-state index < -0.39 is 10.9 Å². The second-order valence-electron chi connectivity index (χ2n) is 5.40. The minimum Gasteiger partial charge on any atom is -0.489 e. The highest BCUT2D eigenvalue weighted by Gasteiger charge is 2.21. The molecule has 1 aliphatic heterocycles. The third-order valence-corrected chi connectivity index (χ3v) is 3.60. The van der Waals surface area contributed by atoms with Gasteiger partial charge in [0.15, 0.2) is 0 Å². The summed E-state index contributed by atoms with van der Waals surface area (Å²) in [7, 11) is 0. The van der Waals surface area contributed by atoms with Crippen LogP contribution in [0.15, 0.2) is 59.3 Å². The molecule has 3 rings (SSSR count). The molecule has 2 aromatic rings. The number of nitrogens with zero attached hydrogens (tertiary/aromatic N) is 2. The fourth-order valence-corrected chi connectivity index (χ4v) is 2.26. The van der Waals surface area contributed by atoms with Crippen LogP contribution in [0, 0.1) is 10.1 Å². The molecular weight excluding hydrogens is 324 g/mol. The molecule has 0 saturated carbocycles. The van der Waals surface area contributed by atoms with E-state index >= 15 is 0 Å². The third kappa shape index (κ3) is 3.89. The lowest BCUT2D eigenvalue weighted by atomic mass is 10.1. The molecule has 2 aromatic carbocycles. The van der Waals surface area contributed by atoms with Crippen molar-refractivity contribution in [1.82, 2.24) is 0 Å². The molecule has 0 bridgehead atoms. The highest BCUT2D eigenvalue weighted by molar-refractivity contribution is 6.24. The molecule has 0 fully saturated rings. The van der Waals surface area contributed by atoms with Crippen LogP contribution < -0.4 is 4.74 Å². The number of non-ortho nitro benzene ring substituents is 1. The number of carbonyl (C=O) groups excluding carboxylic acids is 1. The van der Waals surface area contributed by atoms with Crippen LogP contribution in [0.25, 0.3) is 6.08 Å². The summed E-state index contributed by atoms with van der Waals surface area (Å²) in [6.45, 7) is 1.98. The number of benzene rings is 2. The maximum atomic E-state index is 11.6. The summed E-state index contributed by atoms with van der Waals surface area (Å²) in [6.07, 6.45) is 1.69. The molecule has 7 nitrogen and oxygen atoms in total. The summed E-state index contributed by atoms with van der Waals surface area (Å²) in [5, 5.41) is 14.3. The monoisotopic (exact) mass is 338 g/mol. The first kappa shape index (κ1) is 16.4. The lowest BCUT2D eigenvalue weighted by molar-refractivity contribution is -0.384. The Kier molecular flexibility index (Phi) is 4.56. The molecule has 25 heavy (non-hydrogen) atoms. The van der Waals surface area contributed by atoms with E-state index in [0.29, 0.717) is 17.0 Å². The zero-order chi connectivity index (χ0) is 17.8. The second kappa shape index (κ2) is 6.96. The normalized spacial score (nSPS) is 15.0. The van der Waals surface area contributed by atoms with Crippen molar-refractivity contribution in [1.29, 1.82) is 0 Å². The van der Waals surface area contributed by atoms with Crippen molar-refractivity contribution in [3.8, 4) is 5.75 Å². The molecular formula is C18H14N2O5. The largest absolute Gasteiger partial charge is 0.489 e. The van der Waals surface area contributed by atoms with E-state index in [9.17, 15) is 14.9 Å². The van der Waals surface area contributed by atoms with Gasteiger partial charge in [0, 0.05) is 12.1 Å². The van der Waals surface area contributed by atoms with Gasteiger partial charge in [0.2, 0.25) is 0 Å². The summed E-state index contributed by atoms with van der Waals surface area (Å²) >= 11 is 0. The van der Waals surface area contributed by atoms with E-state index in [4.69, 9.17) is 4.74 Å². The Morgan fingerprint density at radius 3 is 2.64 bits per heavy atom. The predicted molar refractivity (Wildman–Crippen MR) is 91.0 cm³/mol. The van der Waals surface area contributed by atoms with Gasteiger partial charge in [-0.15, -0.1) is 0 Å². The second-order valence-corrected chi connectivity index (χ2v) is 5.40. The number of carbonyl (C=O) groups is 1. The fraction of sp³-hybridized carbons (Fsp3) is 0.111. The number of nitro groups is 1. The molecule has 1 aliphatic rings. The van der Waals surface area contributed by atoms with E-state index in [1.54, 1.807) is 37.3 Å². The zero-order valence-electron chi connectivity index (χ0n) is 13.3. The number of hydrogen-bond donors (Lipinski definition) is 0. The maximum absolute atomic E-state index is 11.6. The van der Waals surface area contributed by atoms with Crippen LogP contribution in [-0.4, -0.2) is 16.6 Å². The van der Waals surface area contributed by atoms with Gasteiger partial charge in [-0.2, -0.15) is 0 Å². The van der Waals surface area contributed by atoms with Crippen molar-refractivity contribution in [2.45, 2.75) is 13.5 Å². The van der Waals surface area contributed by atoms with Crippen LogP contribution in [0.4, 0.5) is 5.69 Å². The molecule has 0 amide bonds. The lowest BCUT2D eigenvalue weighted by Crippen LogP contribution is -2.01. The molecule has 0 aliphatic carbocycles. The molecule has 0 aromatic heterocycles. The van der Waals surface area contributed by atoms with E-state index in [-0.39, 0.29) is 12.3 Å². The smallest absolute Gasteiger partial charge is 0.367 e. The highest BCUT2D eigenvalue weighted by Crippen LogP contribution is 2.20. The van der Waals surface area contributed by atoms with Crippen molar-refractivity contribution >= 4 is 23.4 Å². The van der Waals surface area contributed by atoms with Crippen LogP contribution >= 0.6 is 0 Å². The fourth-order valence-electron chi connectivity index (χ4n) is 2.26. The van der Waals surface area contributed by atoms with Gasteiger partial charge in [0.1, 0.15) is 12.4 Å². The highest BCUT2D eigenvalue weighted by atomic mass is 16.7. The van der Waals surface area contributed by atoms with Crippen LogP contribution in [0.5, 0.6) is 5.75 Å². The molecule has 126 valence electrons. The van der Waals surface area contributed by atoms with Gasteiger partial charge in [0.05, 0.1) is 16.2 Å². The van der Waals surface area contributed by atoms with Crippen LogP contribution in [0.2, 0.25) is 0 Å². The average molecular weight is 338 g/mol. The zero-order valence-corrected chi connectivity index (χ0v) is 13.3. The van der Waals surface area contributed by atoms with E-state index in [0.717, 1.165) is 11.1 Å². The average Bonchev–Trinajstić information content (AvgIpc) is 2.93. The van der Waals surface area contributed by atoms with Crippen molar-refractivity contribution in [3.63, 3.8) is 0 Å². The molecule has 0 atom stereocenters. The summed E-state index contributed by atoms with van der Waals surface area (Å²) in [5.41, 5.74) is 2.58. The quantitative estimate of drug-likeness (QED) is 0.360. The summed E-state index contributed by atoms with van der Waals surface area (Å²) in [5.74, 6) is 0.142. The topological polar surface area (TPSA) is 91.0 Å². The van der Waals surface area contributed by atoms with Gasteiger partial charge in [-0.25, -0.2) is 4.79 Å². The number of oxime groups is 1. The minimum absolute atomic E-state index is 0.0397. The van der Waals surface area contributed by atoms with Crippen molar-refractivity contribution in [3.05, 3.63) is 75.3 Å². The Morgan fingerprint density at radius 1 is 1.24 bits per heavy atom. The SMILES string of the molecule is CC1=NOC(=O)/C1=C/c1cccc(OCc2ccc([N+](=O)[O-])cc2)c1. The molecule has 1 heterocycles. The predicted octanol–water partition coefficient (Wildman–Crippen LogP) is 3.49. The summed E-state index contributed by atoms with van der Waals surface area (Å²) in [6, 6.07) is 13.4. The van der Waals surface area contributed by atoms with E-state index in [1.165, 1.54) is 12.1 Å². The van der Waals surface area contributed by atoms with Crippen molar-refractivity contribution < 1.29 is 19.3 Å². The molecule has 0 spiro atoms. The Labute approximate surface area is 143 Å². The number of hydrogen-bond acceptors (Lipinski definition) is 6. The first-order valence-corrected chi connectivity index (χ1v) is 7.47. The van der Waals surface area contributed by atoms with Crippen LogP contribution in [-0.2, 0) is 16.2 Å². The van der Waals surface area contributed by atoms with Gasteiger partial charge < -0.3 is 9.57 Å². The van der Waals surface area contributed by atoms with Gasteiger partial charge in [-0.1, -0.05) is 17.3 Å². The number of rotatable bonds is 5. The van der Waals surface area contributed by atoms with E-state index in [2.05, 4.69) is 9.99 Å². The van der Waals surface area contributed by atoms with Crippen molar-refractivity contribution in [2.24, 2.45) is 5.16 Å². The van der Waals surface area contributed by atoms with Gasteiger partial charge in [-0.05, 0) is 48.4 Å².